The molecule has 0 N–H and O–H groups in total. The maximum Gasteiger partial charge on any atom is 0.460 e. The van der Waals surface area contributed by atoms with Gasteiger partial charge in [-0.2, -0.15) is 272 Å². The van der Waals surface area contributed by atoms with Crippen LogP contribution in [-0.2, 0) is 4.74 Å². The van der Waals surface area contributed by atoms with E-state index in [2.05, 4.69) is 4.74 Å². The minimum absolute atomic E-state index is 2.89. The molecule has 0 aliphatic heterocycles. The van der Waals surface area contributed by atoms with Crippen LogP contribution in [0.4, 0.5) is 272 Å². The maximum atomic E-state index is 14.2. The molecule has 0 unspecified atom stereocenters. The SMILES string of the molecule is FC(F)(F)C(F)(F)C(F)(F)C(F)(F)C(F)(F)C(F)(F)C(F)(F)C(F)(F)C(F)(F)C(F)(F)C(F)(F)C(F)(F)C(F)(F)C(F)(F)CCOCCC(F)(F)C(F)(F)C(F)(F)C(F)(F)C(F)(F)C(F)(F)C(F)(F)C(F)(F)C(F)(F)C(F)(F)C(F)(F)C(F)(F)C(F)(F)C(F)(F)C(F)(F)C(F)(F)F. The zero-order chi connectivity index (χ0) is 80.5. The lowest BCUT2D eigenvalue weighted by molar-refractivity contribution is -0.491. The van der Waals surface area contributed by atoms with Crippen molar-refractivity contribution in [3.8, 4) is 0 Å². The van der Waals surface area contributed by atoms with Gasteiger partial charge in [0.1, 0.15) is 0 Å². The van der Waals surface area contributed by atoms with E-state index in [1.165, 1.54) is 0 Å². The van der Waals surface area contributed by atoms with Crippen LogP contribution in [-0.4, -0.2) is 191 Å². The Labute approximate surface area is 482 Å². The van der Waals surface area contributed by atoms with Gasteiger partial charge in [-0.25, -0.2) is 0 Å². The van der Waals surface area contributed by atoms with Crippen molar-refractivity contribution in [1.82, 2.24) is 0 Å². The molecule has 63 heteroatoms. The Kier molecular flexibility index (Phi) is 22.0. The van der Waals surface area contributed by atoms with Crippen molar-refractivity contribution in [1.29, 1.82) is 0 Å². The number of hydrogen-bond acceptors (Lipinski definition) is 1. The van der Waals surface area contributed by atoms with Crippen molar-refractivity contribution in [2.24, 2.45) is 0 Å². The fraction of sp³-hybridized carbons (Fsp3) is 1.00. The molecular weight excluding hydrogens is 1600 g/mol. The zero-order valence-electron chi connectivity index (χ0n) is 41.7. The van der Waals surface area contributed by atoms with E-state index in [9.17, 15) is 272 Å². The van der Waals surface area contributed by atoms with E-state index in [4.69, 9.17) is 0 Å². The predicted octanol–water partition coefficient (Wildman–Crippen LogP) is 20.7. The number of hydrogen-bond donors (Lipinski definition) is 0. The van der Waals surface area contributed by atoms with Crippen molar-refractivity contribution in [3.63, 3.8) is 0 Å². The van der Waals surface area contributed by atoms with Crippen LogP contribution in [0.1, 0.15) is 12.8 Å². The lowest BCUT2D eigenvalue weighted by Gasteiger charge is -2.47. The summed E-state index contributed by atoms with van der Waals surface area (Å²) in [5, 5.41) is 0. The first kappa shape index (κ1) is 92.6. The molecule has 0 radical (unpaired) electrons. The third kappa shape index (κ3) is 11.1. The van der Waals surface area contributed by atoms with Gasteiger partial charge in [0.15, 0.2) is 0 Å². The lowest BCUT2D eigenvalue weighted by Crippen LogP contribution is -2.80. The summed E-state index contributed by atoms with van der Waals surface area (Å²) in [5.74, 6) is -279. The monoisotopic (exact) mass is 1610 g/mol. The molecule has 0 amide bonds. The Bertz CT molecular complexity index is 2750. The van der Waals surface area contributed by atoms with Gasteiger partial charge < -0.3 is 4.74 Å². The summed E-state index contributed by atoms with van der Waals surface area (Å²) in [6, 6.07) is 0. The van der Waals surface area contributed by atoms with Crippen molar-refractivity contribution in [2.45, 2.75) is 191 Å². The number of halogens is 62. The normalized spacial score (nSPS) is 17.4. The second-order valence-electron chi connectivity index (χ2n) is 18.5. The van der Waals surface area contributed by atoms with Crippen LogP contribution < -0.4 is 0 Å². The van der Waals surface area contributed by atoms with E-state index in [1.54, 1.807) is 0 Å². The Balaban J connectivity index is 7.36. The predicted molar refractivity (Wildman–Crippen MR) is 171 cm³/mol. The van der Waals surface area contributed by atoms with Crippen LogP contribution >= 0.6 is 0 Å². The number of ether oxygens (including phenoxy) is 1. The van der Waals surface area contributed by atoms with Gasteiger partial charge in [-0.1, -0.05) is 0 Å². The molecule has 0 saturated carbocycles. The summed E-state index contributed by atoms with van der Waals surface area (Å²) < 4.78 is 855. The highest BCUT2D eigenvalue weighted by atomic mass is 19.5. The van der Waals surface area contributed by atoms with Gasteiger partial charge in [0.2, 0.25) is 0 Å². The van der Waals surface area contributed by atoms with Crippen LogP contribution in [0.5, 0.6) is 0 Å². The van der Waals surface area contributed by atoms with Gasteiger partial charge in [0, 0.05) is 12.8 Å². The first-order valence-corrected chi connectivity index (χ1v) is 21.0. The highest BCUT2D eigenvalue weighted by Gasteiger charge is 3.04. The summed E-state index contributed by atoms with van der Waals surface area (Å²) in [6.07, 6.45) is -25.9. The van der Waals surface area contributed by atoms with E-state index in [0.717, 1.165) is 0 Å². The average molecular weight is 1610 g/mol. The van der Waals surface area contributed by atoms with E-state index >= 15 is 0 Å². The van der Waals surface area contributed by atoms with Gasteiger partial charge in [-0.15, -0.1) is 0 Å². The van der Waals surface area contributed by atoms with Gasteiger partial charge in [-0.05, 0) is 0 Å². The molecule has 0 rings (SSSR count). The van der Waals surface area contributed by atoms with Crippen LogP contribution in [0, 0.1) is 0 Å². The Morgan fingerprint density at radius 2 is 0.196 bits per heavy atom. The Morgan fingerprint density at radius 1 is 0.113 bits per heavy atom. The first-order valence-electron chi connectivity index (χ1n) is 21.0. The van der Waals surface area contributed by atoms with Crippen molar-refractivity contribution in [2.75, 3.05) is 13.2 Å². The van der Waals surface area contributed by atoms with E-state index < -0.39 is 204 Å². The summed E-state index contributed by atoms with van der Waals surface area (Å²) in [4.78, 5) is 0. The third-order valence-corrected chi connectivity index (χ3v) is 12.2. The summed E-state index contributed by atoms with van der Waals surface area (Å²) in [6.45, 7) is -7.23. The van der Waals surface area contributed by atoms with Gasteiger partial charge >= 0.3 is 178 Å². The molecule has 0 aromatic rings. The first-order chi connectivity index (χ1) is 40.7. The second-order valence-corrected chi connectivity index (χ2v) is 18.5. The van der Waals surface area contributed by atoms with Crippen molar-refractivity contribution < 1.29 is 277 Å². The minimum atomic E-state index is -10.6. The van der Waals surface area contributed by atoms with E-state index in [0.29, 0.717) is 0 Å². The van der Waals surface area contributed by atoms with Crippen LogP contribution in [0.25, 0.3) is 0 Å². The largest absolute Gasteiger partial charge is 0.460 e. The van der Waals surface area contributed by atoms with Crippen LogP contribution in [0.2, 0.25) is 0 Å². The summed E-state index contributed by atoms with van der Waals surface area (Å²) >= 11 is 0. The molecule has 0 bridgehead atoms. The molecular formula is C34H8F62O. The summed E-state index contributed by atoms with van der Waals surface area (Å²) in [7, 11) is 0. The second kappa shape index (κ2) is 23.1. The molecule has 0 heterocycles. The van der Waals surface area contributed by atoms with Gasteiger partial charge in [0.25, 0.3) is 0 Å². The quantitative estimate of drug-likeness (QED) is 0.0482. The Hall–Kier alpha value is -4.38. The lowest BCUT2D eigenvalue weighted by atomic mass is 9.82. The van der Waals surface area contributed by atoms with Gasteiger partial charge in [-0.3, -0.25) is 0 Å². The smallest absolute Gasteiger partial charge is 0.381 e. The van der Waals surface area contributed by atoms with Crippen LogP contribution in [0.3, 0.4) is 0 Å². The highest BCUT2D eigenvalue weighted by Crippen LogP contribution is 2.73. The molecule has 1 nitrogen and oxygen atoms in total. The van der Waals surface area contributed by atoms with E-state index in [-0.39, 0.29) is 0 Å². The number of rotatable bonds is 32. The minimum Gasteiger partial charge on any atom is -0.381 e. The molecule has 0 fully saturated rings. The molecule has 584 valence electrons. The fourth-order valence-corrected chi connectivity index (χ4v) is 5.97. The molecule has 0 aromatic heterocycles. The zero-order valence-corrected chi connectivity index (χ0v) is 41.7. The molecule has 0 atom stereocenters. The molecule has 0 aliphatic carbocycles. The van der Waals surface area contributed by atoms with Crippen molar-refractivity contribution >= 4 is 0 Å². The molecule has 0 aliphatic rings. The fourth-order valence-electron chi connectivity index (χ4n) is 5.97. The van der Waals surface area contributed by atoms with Crippen LogP contribution in [0.15, 0.2) is 0 Å². The standard InChI is InChI=1S/C34H8F62O/c35-5(36,7(39,40)9(43,44)11(47,48)13(51,52)15(55,56)17(59,60)19(63,64)20(65,66)22(69,70)24(73,74)26(77,78)28(81,82)30(85,86)32(89,90)34(94,95)96)1-3-97-4-2-6(37,38)8(41,42)10(45,46)12(49,50)14(53,54)16(57,58)18(61,62)21(67,68)23(71,72)25(75,76)27(79,80)29(83,84)31(87,88)33(91,92)93/h1-4H2. The molecule has 0 aromatic carbocycles. The summed E-state index contributed by atoms with van der Waals surface area (Å²) in [5.41, 5.74) is 0. The number of alkyl halides is 62. The average Bonchev–Trinajstić information content (AvgIpc) is 0.688. The van der Waals surface area contributed by atoms with E-state index in [1.807, 2.05) is 0 Å². The third-order valence-electron chi connectivity index (χ3n) is 12.2. The topological polar surface area (TPSA) is 9.23 Å². The molecule has 97 heavy (non-hydrogen) atoms. The highest BCUT2D eigenvalue weighted by molar-refractivity contribution is 5.24. The maximum absolute atomic E-state index is 14.2. The van der Waals surface area contributed by atoms with Gasteiger partial charge in [0.05, 0.1) is 13.2 Å². The molecule has 0 spiro atoms. The molecule has 0 saturated heterocycles. The Morgan fingerprint density at radius 3 is 0.289 bits per heavy atom. The van der Waals surface area contributed by atoms with Crippen molar-refractivity contribution in [3.05, 3.63) is 0 Å².